The van der Waals surface area contributed by atoms with E-state index in [1.807, 2.05) is 6.07 Å². The van der Waals surface area contributed by atoms with Crippen molar-refractivity contribution in [3.05, 3.63) is 63.4 Å². The number of para-hydroxylation sites is 1. The van der Waals surface area contributed by atoms with E-state index in [2.05, 4.69) is 4.98 Å². The number of hydrogen-bond donors (Lipinski definition) is 1. The Balaban J connectivity index is 1.50. The molecule has 2 heterocycles. The SMILES string of the molecule is O=c1ccn([C@@H]2CO[C@H](CO[PH](=O)Oc3ccccc3)O2)c(=O)[nH]1. The highest BCUT2D eigenvalue weighted by Gasteiger charge is 2.28. The Bertz CT molecular complexity index is 820. The van der Waals surface area contributed by atoms with Crippen molar-refractivity contribution in [1.82, 2.24) is 9.55 Å². The molecule has 0 saturated carbocycles. The van der Waals surface area contributed by atoms with Gasteiger partial charge in [0.1, 0.15) is 12.4 Å². The fourth-order valence-electron chi connectivity index (χ4n) is 2.08. The second-order valence-corrected chi connectivity index (χ2v) is 5.84. The summed E-state index contributed by atoms with van der Waals surface area (Å²) in [5, 5.41) is 0. The van der Waals surface area contributed by atoms with Crippen LogP contribution >= 0.6 is 8.25 Å². The van der Waals surface area contributed by atoms with E-state index in [1.54, 1.807) is 24.3 Å². The predicted octanol–water partition coefficient (Wildman–Crippen LogP) is 0.893. The van der Waals surface area contributed by atoms with Crippen LogP contribution in [0, 0.1) is 0 Å². The van der Waals surface area contributed by atoms with Crippen molar-refractivity contribution in [1.29, 1.82) is 0 Å². The Labute approximate surface area is 136 Å². The van der Waals surface area contributed by atoms with Crippen molar-refractivity contribution < 1.29 is 23.1 Å². The lowest BCUT2D eigenvalue weighted by molar-refractivity contribution is -0.0939. The summed E-state index contributed by atoms with van der Waals surface area (Å²) in [5.41, 5.74) is -1.09. The summed E-state index contributed by atoms with van der Waals surface area (Å²) < 4.78 is 34.0. The molecule has 0 aliphatic carbocycles. The van der Waals surface area contributed by atoms with Crippen LogP contribution in [0.2, 0.25) is 0 Å². The fourth-order valence-corrected chi connectivity index (χ4v) is 2.74. The van der Waals surface area contributed by atoms with Gasteiger partial charge in [-0.2, -0.15) is 0 Å². The third kappa shape index (κ3) is 4.21. The largest absolute Gasteiger partial charge is 0.426 e. The first-order valence-electron chi connectivity index (χ1n) is 7.10. The lowest BCUT2D eigenvalue weighted by Gasteiger charge is -2.13. The zero-order chi connectivity index (χ0) is 16.9. The number of aromatic nitrogens is 2. The van der Waals surface area contributed by atoms with E-state index in [1.165, 1.54) is 16.8 Å². The van der Waals surface area contributed by atoms with Crippen LogP contribution in [0.1, 0.15) is 6.23 Å². The molecule has 10 heteroatoms. The van der Waals surface area contributed by atoms with Gasteiger partial charge in [-0.1, -0.05) is 18.2 Å². The van der Waals surface area contributed by atoms with Crippen molar-refractivity contribution >= 4 is 8.25 Å². The Morgan fingerprint density at radius 1 is 1.25 bits per heavy atom. The minimum atomic E-state index is -2.75. The molecule has 1 aliphatic heterocycles. The number of nitrogens with zero attached hydrogens (tertiary/aromatic N) is 1. The molecular weight excluding hydrogens is 339 g/mol. The summed E-state index contributed by atoms with van der Waals surface area (Å²) in [4.78, 5) is 24.8. The fraction of sp³-hybridized carbons (Fsp3) is 0.286. The molecule has 0 radical (unpaired) electrons. The normalized spacial score (nSPS) is 21.5. The van der Waals surface area contributed by atoms with Gasteiger partial charge in [-0.15, -0.1) is 0 Å². The number of benzene rings is 1. The Morgan fingerprint density at radius 2 is 2.04 bits per heavy atom. The molecule has 128 valence electrons. The lowest BCUT2D eigenvalue weighted by atomic mass is 10.3. The minimum absolute atomic E-state index is 0.0977. The molecule has 1 saturated heterocycles. The third-order valence-corrected chi connectivity index (χ3v) is 3.98. The average Bonchev–Trinajstić information content (AvgIpc) is 3.02. The Morgan fingerprint density at radius 3 is 2.79 bits per heavy atom. The zero-order valence-corrected chi connectivity index (χ0v) is 13.4. The topological polar surface area (TPSA) is 109 Å². The highest BCUT2D eigenvalue weighted by Crippen LogP contribution is 2.29. The zero-order valence-electron chi connectivity index (χ0n) is 12.4. The number of H-pyrrole nitrogens is 1. The van der Waals surface area contributed by atoms with E-state index >= 15 is 0 Å². The Kier molecular flexibility index (Phi) is 5.27. The first kappa shape index (κ1) is 16.7. The van der Waals surface area contributed by atoms with E-state index in [4.69, 9.17) is 18.5 Å². The average molecular weight is 354 g/mol. The molecule has 0 spiro atoms. The second-order valence-electron chi connectivity index (χ2n) is 4.85. The minimum Gasteiger partial charge on any atom is -0.426 e. The summed E-state index contributed by atoms with van der Waals surface area (Å²) in [7, 11) is -2.75. The van der Waals surface area contributed by atoms with Crippen LogP contribution in [0.25, 0.3) is 0 Å². The molecule has 1 aromatic heterocycles. The van der Waals surface area contributed by atoms with Gasteiger partial charge in [0.25, 0.3) is 5.56 Å². The molecule has 2 aromatic rings. The third-order valence-electron chi connectivity index (χ3n) is 3.18. The van der Waals surface area contributed by atoms with Crippen LogP contribution in [-0.4, -0.2) is 29.1 Å². The monoisotopic (exact) mass is 354 g/mol. The number of rotatable bonds is 6. The van der Waals surface area contributed by atoms with Gasteiger partial charge in [-0.3, -0.25) is 18.9 Å². The smallest absolute Gasteiger partial charge is 0.368 e. The van der Waals surface area contributed by atoms with Gasteiger partial charge in [-0.05, 0) is 12.1 Å². The Hall–Kier alpha value is -2.19. The summed E-state index contributed by atoms with van der Waals surface area (Å²) in [5.74, 6) is 0.437. The standard InChI is InChI=1S/C14H15N2O7P/c17-11-6-7-16(14(18)15-11)12-8-20-13(22-12)9-21-24(19)23-10-4-2-1-3-5-10/h1-7,12-13,24H,8-9H2,(H,15,17,18)/t12-,13-/m0/s1. The first-order valence-corrected chi connectivity index (χ1v) is 8.32. The molecule has 9 nitrogen and oxygen atoms in total. The molecule has 3 rings (SSSR count). The van der Waals surface area contributed by atoms with Gasteiger partial charge in [0.05, 0.1) is 6.61 Å². The number of aromatic amines is 1. The molecule has 1 unspecified atom stereocenters. The van der Waals surface area contributed by atoms with Gasteiger partial charge in [0.2, 0.25) is 0 Å². The van der Waals surface area contributed by atoms with Crippen LogP contribution in [0.3, 0.4) is 0 Å². The van der Waals surface area contributed by atoms with E-state index in [0.29, 0.717) is 5.75 Å². The van der Waals surface area contributed by atoms with E-state index in [0.717, 1.165) is 0 Å². The van der Waals surface area contributed by atoms with Crippen molar-refractivity contribution in [2.75, 3.05) is 13.2 Å². The molecule has 1 aliphatic rings. The molecule has 1 N–H and O–H groups in total. The number of ether oxygens (including phenoxy) is 2. The van der Waals surface area contributed by atoms with Gasteiger partial charge in [0, 0.05) is 12.3 Å². The van der Waals surface area contributed by atoms with Crippen molar-refractivity contribution in [3.63, 3.8) is 0 Å². The molecule has 24 heavy (non-hydrogen) atoms. The first-order chi connectivity index (χ1) is 11.6. The van der Waals surface area contributed by atoms with E-state index in [9.17, 15) is 14.2 Å². The summed E-state index contributed by atoms with van der Waals surface area (Å²) in [6.45, 7) is -0.0142. The molecule has 0 bridgehead atoms. The lowest BCUT2D eigenvalue weighted by Crippen LogP contribution is -2.32. The van der Waals surface area contributed by atoms with Crippen molar-refractivity contribution in [2.45, 2.75) is 12.5 Å². The maximum absolute atomic E-state index is 11.7. The van der Waals surface area contributed by atoms with Crippen LogP contribution in [0.15, 0.2) is 52.2 Å². The quantitative estimate of drug-likeness (QED) is 0.768. The second kappa shape index (κ2) is 7.59. The highest BCUT2D eigenvalue weighted by molar-refractivity contribution is 7.33. The number of nitrogens with one attached hydrogen (secondary N) is 1. The summed E-state index contributed by atoms with van der Waals surface area (Å²) in [6, 6.07) is 9.84. The van der Waals surface area contributed by atoms with E-state index in [-0.39, 0.29) is 13.2 Å². The maximum Gasteiger partial charge on any atom is 0.368 e. The van der Waals surface area contributed by atoms with Crippen molar-refractivity contribution in [2.24, 2.45) is 0 Å². The maximum atomic E-state index is 11.7. The van der Waals surface area contributed by atoms with Crippen molar-refractivity contribution in [3.8, 4) is 5.75 Å². The van der Waals surface area contributed by atoms with Gasteiger partial charge >= 0.3 is 13.9 Å². The van der Waals surface area contributed by atoms with Gasteiger partial charge in [0.15, 0.2) is 12.5 Å². The van der Waals surface area contributed by atoms with Crippen LogP contribution in [-0.2, 0) is 18.6 Å². The predicted molar refractivity (Wildman–Crippen MR) is 83.2 cm³/mol. The van der Waals surface area contributed by atoms with Crippen LogP contribution in [0.5, 0.6) is 5.75 Å². The molecule has 0 amide bonds. The number of hydrogen-bond acceptors (Lipinski definition) is 7. The summed E-state index contributed by atoms with van der Waals surface area (Å²) >= 11 is 0. The van der Waals surface area contributed by atoms with Gasteiger partial charge in [-0.25, -0.2) is 9.36 Å². The molecule has 1 fully saturated rings. The van der Waals surface area contributed by atoms with E-state index < -0.39 is 32.0 Å². The highest BCUT2D eigenvalue weighted by atomic mass is 31.1. The van der Waals surface area contributed by atoms with Crippen LogP contribution in [0.4, 0.5) is 0 Å². The molecule has 1 aromatic carbocycles. The van der Waals surface area contributed by atoms with Crippen LogP contribution < -0.4 is 15.8 Å². The molecule has 3 atom stereocenters. The summed E-state index contributed by atoms with van der Waals surface area (Å²) in [6.07, 6.45) is -0.165. The van der Waals surface area contributed by atoms with Gasteiger partial charge < -0.3 is 14.0 Å². The molecular formula is C14H15N2O7P.